The number of amides is 2. The molecule has 184 valence electrons. The number of rotatable bonds is 8. The van der Waals surface area contributed by atoms with Gasteiger partial charge >= 0.3 is 17.9 Å². The maximum Gasteiger partial charge on any atom is 0.395 e. The minimum atomic E-state index is -4.53. The van der Waals surface area contributed by atoms with Crippen molar-refractivity contribution in [2.24, 2.45) is 0 Å². The fourth-order valence-corrected chi connectivity index (χ4v) is 3.53. The van der Waals surface area contributed by atoms with E-state index in [-0.39, 0.29) is 47.5 Å². The molecule has 4 rings (SSSR count). The molecule has 0 aliphatic heterocycles. The number of nitrogens with one attached hydrogen (secondary N) is 2. The van der Waals surface area contributed by atoms with Crippen molar-refractivity contribution in [3.63, 3.8) is 0 Å². The fourth-order valence-electron chi connectivity index (χ4n) is 3.53. The van der Waals surface area contributed by atoms with Gasteiger partial charge in [0.05, 0.1) is 22.6 Å². The second-order valence-electron chi connectivity index (χ2n) is 8.03. The van der Waals surface area contributed by atoms with Crippen LogP contribution in [0, 0.1) is 10.1 Å². The summed E-state index contributed by atoms with van der Waals surface area (Å²) >= 11 is 0. The average molecular weight is 490 g/mol. The van der Waals surface area contributed by atoms with Crippen LogP contribution in [0.5, 0.6) is 0 Å². The number of alkyl halides is 3. The summed E-state index contributed by atoms with van der Waals surface area (Å²) < 4.78 is 42.3. The number of nitrogen functional groups attached to an aromatic ring is 1. The van der Waals surface area contributed by atoms with Crippen LogP contribution in [-0.4, -0.2) is 49.5 Å². The molecule has 1 atom stereocenters. The maximum atomic E-state index is 13.7. The summed E-state index contributed by atoms with van der Waals surface area (Å²) in [5.74, 6) is -1.85. The molecule has 3 aromatic rings. The number of anilines is 1. The number of nitrogens with zero attached hydrogens (tertiary/aromatic N) is 5. The molecule has 1 unspecified atom stereocenters. The number of nitro groups is 1. The molecule has 0 aromatic carbocycles. The molecule has 0 radical (unpaired) electrons. The summed E-state index contributed by atoms with van der Waals surface area (Å²) in [6.07, 6.45) is 2.11. The van der Waals surface area contributed by atoms with Crippen LogP contribution in [0.3, 0.4) is 0 Å². The molecule has 0 saturated heterocycles. The molecule has 1 saturated carbocycles. The third-order valence-electron chi connectivity index (χ3n) is 5.46. The van der Waals surface area contributed by atoms with E-state index < -0.39 is 23.0 Å². The SMILES string of the molecule is Nc1nccc(-c2cnn(-c3ccc(C(CCNC(=O)NC4CC4)C(F)(F)F)cn3)c2)c1[N+](=O)[O-]. The largest absolute Gasteiger partial charge is 0.395 e. The first-order valence-corrected chi connectivity index (χ1v) is 10.6. The van der Waals surface area contributed by atoms with E-state index in [1.807, 2.05) is 0 Å². The summed E-state index contributed by atoms with van der Waals surface area (Å²) in [7, 11) is 0. The Kier molecular flexibility index (Phi) is 6.53. The van der Waals surface area contributed by atoms with E-state index in [0.29, 0.717) is 5.56 Å². The lowest BCUT2D eigenvalue weighted by Gasteiger charge is -2.21. The predicted molar refractivity (Wildman–Crippen MR) is 119 cm³/mol. The molecule has 1 aliphatic rings. The highest BCUT2D eigenvalue weighted by molar-refractivity contribution is 5.78. The number of carbonyl (C=O) groups is 1. The predicted octanol–water partition coefficient (Wildman–Crippen LogP) is 3.32. The van der Waals surface area contributed by atoms with Gasteiger partial charge in [0.1, 0.15) is 0 Å². The third-order valence-corrected chi connectivity index (χ3v) is 5.46. The van der Waals surface area contributed by atoms with E-state index in [0.717, 1.165) is 19.0 Å². The molecule has 3 aromatic heterocycles. The highest BCUT2D eigenvalue weighted by Crippen LogP contribution is 2.37. The zero-order valence-corrected chi connectivity index (χ0v) is 18.2. The Bertz CT molecular complexity index is 1230. The van der Waals surface area contributed by atoms with Gasteiger partial charge < -0.3 is 16.4 Å². The summed E-state index contributed by atoms with van der Waals surface area (Å²) in [6, 6.07) is 3.70. The van der Waals surface area contributed by atoms with Crippen LogP contribution in [-0.2, 0) is 0 Å². The van der Waals surface area contributed by atoms with Crippen LogP contribution in [0.1, 0.15) is 30.7 Å². The number of pyridine rings is 2. The van der Waals surface area contributed by atoms with E-state index in [9.17, 15) is 28.1 Å². The number of urea groups is 1. The Morgan fingerprint density at radius 3 is 2.66 bits per heavy atom. The van der Waals surface area contributed by atoms with Crippen LogP contribution in [0.2, 0.25) is 0 Å². The van der Waals surface area contributed by atoms with E-state index in [2.05, 4.69) is 25.7 Å². The van der Waals surface area contributed by atoms with Gasteiger partial charge in [-0.15, -0.1) is 0 Å². The molecule has 1 fully saturated rings. The fraction of sp³-hybridized carbons (Fsp3) is 0.333. The smallest absolute Gasteiger partial charge is 0.378 e. The first kappa shape index (κ1) is 23.9. The van der Waals surface area contributed by atoms with Crippen LogP contribution < -0.4 is 16.4 Å². The Morgan fingerprint density at radius 1 is 1.26 bits per heavy atom. The van der Waals surface area contributed by atoms with Gasteiger partial charge in [0.25, 0.3) is 0 Å². The third kappa shape index (κ3) is 5.65. The van der Waals surface area contributed by atoms with Gasteiger partial charge in [-0.05, 0) is 37.0 Å². The number of hydrogen-bond donors (Lipinski definition) is 3. The second-order valence-corrected chi connectivity index (χ2v) is 8.03. The van der Waals surface area contributed by atoms with Crippen LogP contribution >= 0.6 is 0 Å². The lowest BCUT2D eigenvalue weighted by atomic mass is 9.96. The Labute approximate surface area is 196 Å². The van der Waals surface area contributed by atoms with E-state index in [1.165, 1.54) is 41.5 Å². The molecule has 1 aliphatic carbocycles. The highest BCUT2D eigenvalue weighted by atomic mass is 19.4. The van der Waals surface area contributed by atoms with Gasteiger partial charge in [-0.1, -0.05) is 6.07 Å². The topological polar surface area (TPSA) is 154 Å². The molecular weight excluding hydrogens is 469 g/mol. The van der Waals surface area contributed by atoms with Gasteiger partial charge in [0.15, 0.2) is 5.82 Å². The highest BCUT2D eigenvalue weighted by Gasteiger charge is 2.40. The number of carbonyl (C=O) groups excluding carboxylic acids is 1. The lowest BCUT2D eigenvalue weighted by molar-refractivity contribution is -0.383. The number of nitrogens with two attached hydrogens (primary N) is 1. The first-order chi connectivity index (χ1) is 16.6. The van der Waals surface area contributed by atoms with Crippen LogP contribution in [0.4, 0.5) is 29.5 Å². The Hall–Kier alpha value is -4.23. The molecule has 0 bridgehead atoms. The zero-order valence-electron chi connectivity index (χ0n) is 18.2. The number of halogens is 3. The van der Waals surface area contributed by atoms with Crippen molar-refractivity contribution in [3.8, 4) is 16.9 Å². The van der Waals surface area contributed by atoms with E-state index >= 15 is 0 Å². The molecule has 4 N–H and O–H groups in total. The number of aromatic nitrogens is 4. The van der Waals surface area contributed by atoms with Crippen molar-refractivity contribution in [3.05, 3.63) is 58.7 Å². The minimum absolute atomic E-state index is 0.0597. The van der Waals surface area contributed by atoms with Gasteiger partial charge in [0.2, 0.25) is 5.82 Å². The van der Waals surface area contributed by atoms with Crippen LogP contribution in [0.15, 0.2) is 43.0 Å². The standard InChI is InChI=1S/C21H21F3N8O3/c22-21(23,24)16(6-8-27-20(33)30-14-2-3-14)12-1-4-17(28-9-12)31-11-13(10-29-31)15-5-7-26-19(25)18(15)32(34)35/h1,4-5,7,9-11,14,16H,2-3,6,8H2,(H2,25,26)(H2,27,30,33). The quantitative estimate of drug-likeness (QED) is 0.323. The monoisotopic (exact) mass is 490 g/mol. The summed E-state index contributed by atoms with van der Waals surface area (Å²) in [4.78, 5) is 30.2. The van der Waals surface area contributed by atoms with Gasteiger partial charge in [-0.2, -0.15) is 18.3 Å². The van der Waals surface area contributed by atoms with E-state index in [4.69, 9.17) is 5.73 Å². The summed E-state index contributed by atoms with van der Waals surface area (Å²) in [5, 5.41) is 20.6. The molecular formula is C21H21F3N8O3. The first-order valence-electron chi connectivity index (χ1n) is 10.6. The number of hydrogen-bond acceptors (Lipinski definition) is 7. The van der Waals surface area contributed by atoms with Crippen molar-refractivity contribution in [2.75, 3.05) is 12.3 Å². The Balaban J connectivity index is 1.49. The minimum Gasteiger partial charge on any atom is -0.378 e. The summed E-state index contributed by atoms with van der Waals surface area (Å²) in [6.45, 7) is -0.152. The lowest BCUT2D eigenvalue weighted by Crippen LogP contribution is -2.38. The Morgan fingerprint density at radius 2 is 2.03 bits per heavy atom. The molecule has 3 heterocycles. The average Bonchev–Trinajstić information content (AvgIpc) is 3.47. The second kappa shape index (κ2) is 9.56. The normalized spacial score (nSPS) is 14.4. The summed E-state index contributed by atoms with van der Waals surface area (Å²) in [5.41, 5.74) is 5.75. The molecule has 11 nitrogen and oxygen atoms in total. The van der Waals surface area contributed by atoms with Crippen molar-refractivity contribution >= 4 is 17.5 Å². The van der Waals surface area contributed by atoms with Crippen molar-refractivity contribution in [2.45, 2.75) is 37.4 Å². The maximum absolute atomic E-state index is 13.7. The van der Waals surface area contributed by atoms with Crippen molar-refractivity contribution < 1.29 is 22.9 Å². The molecule has 0 spiro atoms. The molecule has 14 heteroatoms. The zero-order chi connectivity index (χ0) is 25.2. The van der Waals surface area contributed by atoms with Crippen molar-refractivity contribution in [1.82, 2.24) is 30.4 Å². The van der Waals surface area contributed by atoms with E-state index in [1.54, 1.807) is 0 Å². The van der Waals surface area contributed by atoms with Gasteiger partial charge in [-0.25, -0.2) is 19.4 Å². The van der Waals surface area contributed by atoms with Crippen LogP contribution in [0.25, 0.3) is 16.9 Å². The molecule has 2 amide bonds. The van der Waals surface area contributed by atoms with Crippen molar-refractivity contribution in [1.29, 1.82) is 0 Å². The van der Waals surface area contributed by atoms with Gasteiger partial charge in [-0.3, -0.25) is 10.1 Å². The molecule has 35 heavy (non-hydrogen) atoms. The van der Waals surface area contributed by atoms with Gasteiger partial charge in [0, 0.05) is 36.7 Å².